The van der Waals surface area contributed by atoms with E-state index >= 15 is 0 Å². The van der Waals surface area contributed by atoms with Crippen LogP contribution in [0.3, 0.4) is 0 Å². The van der Waals surface area contributed by atoms with Crippen molar-refractivity contribution in [2.24, 2.45) is 0 Å². The average Bonchev–Trinajstić information content (AvgIpc) is 2.32. The Bertz CT molecular complexity index is 499. The molecule has 0 aliphatic carbocycles. The predicted molar refractivity (Wildman–Crippen MR) is 75.4 cm³/mol. The van der Waals surface area contributed by atoms with Gasteiger partial charge in [0, 0.05) is 16.7 Å². The van der Waals surface area contributed by atoms with Crippen molar-refractivity contribution in [3.8, 4) is 0 Å². The lowest BCUT2D eigenvalue weighted by Gasteiger charge is -2.15. The molecule has 0 radical (unpaired) electrons. The van der Waals surface area contributed by atoms with Crippen molar-refractivity contribution in [2.45, 2.75) is 13.0 Å². The molecule has 0 spiro atoms. The molecule has 0 fully saturated rings. The van der Waals surface area contributed by atoms with Crippen LogP contribution in [0.1, 0.15) is 18.5 Å². The normalized spacial score (nSPS) is 12.2. The average molecular weight is 312 g/mol. The van der Waals surface area contributed by atoms with Gasteiger partial charge in [-0.25, -0.2) is 4.98 Å². The highest BCUT2D eigenvalue weighted by Crippen LogP contribution is 2.21. The van der Waals surface area contributed by atoms with Crippen LogP contribution in [0.15, 0.2) is 47.1 Å². The van der Waals surface area contributed by atoms with E-state index in [-0.39, 0.29) is 6.04 Å². The maximum atomic E-state index is 5.79. The molecule has 2 aromatic rings. The first-order valence-corrected chi connectivity index (χ1v) is 6.46. The Morgan fingerprint density at radius 1 is 1.29 bits per heavy atom. The van der Waals surface area contributed by atoms with Crippen LogP contribution in [0.25, 0.3) is 0 Å². The van der Waals surface area contributed by atoms with Crippen molar-refractivity contribution in [3.05, 3.63) is 57.7 Å². The van der Waals surface area contributed by atoms with Crippen molar-refractivity contribution < 1.29 is 0 Å². The van der Waals surface area contributed by atoms with Gasteiger partial charge in [0.1, 0.15) is 5.82 Å². The van der Waals surface area contributed by atoms with Crippen LogP contribution in [0, 0.1) is 0 Å². The third-order valence-corrected chi connectivity index (χ3v) is 3.16. The second-order valence-corrected chi connectivity index (χ2v) is 5.13. The first-order chi connectivity index (χ1) is 8.15. The highest BCUT2D eigenvalue weighted by Gasteiger charge is 2.05. The Hall–Kier alpha value is -1.06. The Balaban J connectivity index is 2.11. The van der Waals surface area contributed by atoms with Crippen LogP contribution in [-0.2, 0) is 0 Å². The number of anilines is 1. The van der Waals surface area contributed by atoms with Gasteiger partial charge in [-0.1, -0.05) is 39.7 Å². The maximum Gasteiger partial charge on any atom is 0.126 e. The summed E-state index contributed by atoms with van der Waals surface area (Å²) in [6.07, 6.45) is 1.64. The summed E-state index contributed by atoms with van der Waals surface area (Å²) >= 11 is 9.25. The molecule has 1 aromatic carbocycles. The Morgan fingerprint density at radius 3 is 2.76 bits per heavy atom. The lowest BCUT2D eigenvalue weighted by Crippen LogP contribution is -2.07. The number of nitrogens with one attached hydrogen (secondary N) is 1. The Kier molecular flexibility index (Phi) is 4.02. The molecule has 88 valence electrons. The molecule has 1 N–H and O–H groups in total. The molecular formula is C13H12BrClN2. The van der Waals surface area contributed by atoms with Crippen LogP contribution in [0.5, 0.6) is 0 Å². The highest BCUT2D eigenvalue weighted by molar-refractivity contribution is 9.10. The van der Waals surface area contributed by atoms with E-state index in [0.29, 0.717) is 5.02 Å². The van der Waals surface area contributed by atoms with Crippen LogP contribution in [0.2, 0.25) is 5.02 Å². The minimum atomic E-state index is 0.196. The van der Waals surface area contributed by atoms with Gasteiger partial charge in [0.15, 0.2) is 0 Å². The molecule has 17 heavy (non-hydrogen) atoms. The van der Waals surface area contributed by atoms with Gasteiger partial charge in [0.05, 0.1) is 5.02 Å². The van der Waals surface area contributed by atoms with Crippen LogP contribution >= 0.6 is 27.5 Å². The summed E-state index contributed by atoms with van der Waals surface area (Å²) in [4.78, 5) is 4.21. The van der Waals surface area contributed by atoms with Crippen molar-refractivity contribution in [1.29, 1.82) is 0 Å². The summed E-state index contributed by atoms with van der Waals surface area (Å²) in [5.41, 5.74) is 1.20. The molecule has 1 unspecified atom stereocenters. The lowest BCUT2D eigenvalue weighted by atomic mass is 10.1. The zero-order chi connectivity index (χ0) is 12.3. The van der Waals surface area contributed by atoms with Crippen molar-refractivity contribution in [3.63, 3.8) is 0 Å². The number of benzene rings is 1. The number of halogens is 2. The van der Waals surface area contributed by atoms with Crippen molar-refractivity contribution in [1.82, 2.24) is 4.98 Å². The van der Waals surface area contributed by atoms with Gasteiger partial charge < -0.3 is 5.32 Å². The zero-order valence-electron chi connectivity index (χ0n) is 9.32. The highest BCUT2D eigenvalue weighted by atomic mass is 79.9. The van der Waals surface area contributed by atoms with E-state index in [1.54, 1.807) is 6.20 Å². The number of hydrogen-bond acceptors (Lipinski definition) is 2. The molecule has 4 heteroatoms. The van der Waals surface area contributed by atoms with E-state index in [2.05, 4.69) is 45.3 Å². The minimum Gasteiger partial charge on any atom is -0.364 e. The van der Waals surface area contributed by atoms with E-state index in [9.17, 15) is 0 Å². The van der Waals surface area contributed by atoms with E-state index in [1.807, 2.05) is 24.3 Å². The maximum absolute atomic E-state index is 5.79. The fraction of sp³-hybridized carbons (Fsp3) is 0.154. The largest absolute Gasteiger partial charge is 0.364 e. The minimum absolute atomic E-state index is 0.196. The fourth-order valence-electron chi connectivity index (χ4n) is 1.54. The fourth-order valence-corrected chi connectivity index (χ4v) is 2.07. The quantitative estimate of drug-likeness (QED) is 0.891. The summed E-state index contributed by atoms with van der Waals surface area (Å²) in [5.74, 6) is 0.821. The van der Waals surface area contributed by atoms with E-state index in [1.165, 1.54) is 5.56 Å². The van der Waals surface area contributed by atoms with Gasteiger partial charge in [0.2, 0.25) is 0 Å². The third-order valence-electron chi connectivity index (χ3n) is 2.44. The van der Waals surface area contributed by atoms with E-state index in [0.717, 1.165) is 10.3 Å². The molecule has 0 amide bonds. The number of pyridine rings is 1. The summed E-state index contributed by atoms with van der Waals surface area (Å²) in [6, 6.07) is 12.1. The molecule has 0 aliphatic heterocycles. The number of aromatic nitrogens is 1. The second-order valence-electron chi connectivity index (χ2n) is 3.78. The predicted octanol–water partition coefficient (Wildman–Crippen LogP) is 4.67. The topological polar surface area (TPSA) is 24.9 Å². The zero-order valence-corrected chi connectivity index (χ0v) is 11.7. The first-order valence-electron chi connectivity index (χ1n) is 5.29. The van der Waals surface area contributed by atoms with Gasteiger partial charge >= 0.3 is 0 Å². The smallest absolute Gasteiger partial charge is 0.126 e. The number of rotatable bonds is 3. The standard InChI is InChI=1S/C13H12BrClN2/c1-9(10-3-2-4-11(14)7-10)17-13-6-5-12(15)8-16-13/h2-9H,1H3,(H,16,17). The molecule has 2 nitrogen and oxygen atoms in total. The van der Waals surface area contributed by atoms with Crippen LogP contribution in [-0.4, -0.2) is 4.98 Å². The van der Waals surface area contributed by atoms with Crippen LogP contribution < -0.4 is 5.32 Å². The van der Waals surface area contributed by atoms with Gasteiger partial charge in [-0.05, 0) is 36.8 Å². The van der Waals surface area contributed by atoms with E-state index < -0.39 is 0 Å². The van der Waals surface area contributed by atoms with Gasteiger partial charge in [0.25, 0.3) is 0 Å². The summed E-state index contributed by atoms with van der Waals surface area (Å²) in [6.45, 7) is 2.10. The summed E-state index contributed by atoms with van der Waals surface area (Å²) in [7, 11) is 0. The van der Waals surface area contributed by atoms with Crippen LogP contribution in [0.4, 0.5) is 5.82 Å². The van der Waals surface area contributed by atoms with Gasteiger partial charge in [-0.15, -0.1) is 0 Å². The monoisotopic (exact) mass is 310 g/mol. The Morgan fingerprint density at radius 2 is 2.12 bits per heavy atom. The molecule has 0 bridgehead atoms. The molecule has 0 aliphatic rings. The molecule has 0 saturated heterocycles. The molecule has 1 aromatic heterocycles. The van der Waals surface area contributed by atoms with Crippen molar-refractivity contribution in [2.75, 3.05) is 5.32 Å². The van der Waals surface area contributed by atoms with Gasteiger partial charge in [-0.2, -0.15) is 0 Å². The molecule has 0 saturated carbocycles. The van der Waals surface area contributed by atoms with Crippen molar-refractivity contribution >= 4 is 33.3 Å². The lowest BCUT2D eigenvalue weighted by molar-refractivity contribution is 0.874. The molecule has 2 rings (SSSR count). The number of hydrogen-bond donors (Lipinski definition) is 1. The summed E-state index contributed by atoms with van der Waals surface area (Å²) < 4.78 is 1.08. The second kappa shape index (κ2) is 5.52. The Labute approximate surface area is 114 Å². The SMILES string of the molecule is CC(Nc1ccc(Cl)cn1)c1cccc(Br)c1. The summed E-state index contributed by atoms with van der Waals surface area (Å²) in [5, 5.41) is 3.97. The third kappa shape index (κ3) is 3.45. The molecule has 1 atom stereocenters. The van der Waals surface area contributed by atoms with Gasteiger partial charge in [-0.3, -0.25) is 0 Å². The molecular weight excluding hydrogens is 300 g/mol. The number of nitrogens with zero attached hydrogens (tertiary/aromatic N) is 1. The first kappa shape index (κ1) is 12.4. The van der Waals surface area contributed by atoms with E-state index in [4.69, 9.17) is 11.6 Å². The molecule has 1 heterocycles.